The van der Waals surface area contributed by atoms with Crippen molar-refractivity contribution in [3.8, 4) is 0 Å². The molecule has 0 spiro atoms. The lowest BCUT2D eigenvalue weighted by atomic mass is 9.71. The van der Waals surface area contributed by atoms with Crippen LogP contribution in [0.15, 0.2) is 36.9 Å². The number of carbonyl (C=O) groups is 2. The molecule has 3 nitrogen and oxygen atoms in total. The van der Waals surface area contributed by atoms with E-state index in [1.54, 1.807) is 0 Å². The van der Waals surface area contributed by atoms with Crippen molar-refractivity contribution in [2.75, 3.05) is 6.54 Å². The molecule has 4 atom stereocenters. The third-order valence-electron chi connectivity index (χ3n) is 5.45. The van der Waals surface area contributed by atoms with Crippen molar-refractivity contribution >= 4 is 23.8 Å². The minimum absolute atomic E-state index is 0.0730. The molecule has 1 aromatic rings. The second-order valence-corrected chi connectivity index (χ2v) is 7.87. The first-order valence-electron chi connectivity index (χ1n) is 8.99. The molecule has 1 aliphatic rings. The average molecular weight is 362 g/mol. The molecule has 0 N–H and O–H groups in total. The van der Waals surface area contributed by atoms with Gasteiger partial charge in [-0.2, -0.15) is 0 Å². The molecule has 136 valence electrons. The van der Waals surface area contributed by atoms with E-state index in [9.17, 15) is 9.59 Å². The maximum absolute atomic E-state index is 13.2. The van der Waals surface area contributed by atoms with E-state index in [1.165, 1.54) is 0 Å². The SMILES string of the molecule is C=CC[C@@]1(C)C[C@@H](c2cccc(Cl)c2)CN([C@@H](CC)[C@H](C)C=O)C1=O. The van der Waals surface area contributed by atoms with E-state index in [1.807, 2.05) is 49.9 Å². The maximum Gasteiger partial charge on any atom is 0.229 e. The first-order valence-corrected chi connectivity index (χ1v) is 9.36. The predicted octanol–water partition coefficient (Wildman–Crippen LogP) is 4.85. The van der Waals surface area contributed by atoms with Crippen LogP contribution in [0.5, 0.6) is 0 Å². The fraction of sp³-hybridized carbons (Fsp3) is 0.524. The number of nitrogens with zero attached hydrogens (tertiary/aromatic N) is 1. The van der Waals surface area contributed by atoms with Gasteiger partial charge in [-0.1, -0.05) is 50.6 Å². The summed E-state index contributed by atoms with van der Waals surface area (Å²) in [6.45, 7) is 10.4. The third kappa shape index (κ3) is 4.14. The number of likely N-dealkylation sites (tertiary alicyclic amines) is 1. The lowest BCUT2D eigenvalue weighted by Gasteiger charge is -2.47. The molecule has 1 aliphatic heterocycles. The van der Waals surface area contributed by atoms with Crippen LogP contribution in [0.4, 0.5) is 0 Å². The number of amides is 1. The van der Waals surface area contributed by atoms with Crippen molar-refractivity contribution < 1.29 is 9.59 Å². The summed E-state index contributed by atoms with van der Waals surface area (Å²) in [5, 5.41) is 0.708. The van der Waals surface area contributed by atoms with Gasteiger partial charge < -0.3 is 9.69 Å². The van der Waals surface area contributed by atoms with E-state index in [0.717, 1.165) is 24.7 Å². The number of halogens is 1. The Balaban J connectivity index is 2.42. The van der Waals surface area contributed by atoms with E-state index in [0.29, 0.717) is 18.0 Å². The zero-order valence-electron chi connectivity index (χ0n) is 15.4. The summed E-state index contributed by atoms with van der Waals surface area (Å²) in [7, 11) is 0. The smallest absolute Gasteiger partial charge is 0.229 e. The molecule has 1 fully saturated rings. The molecule has 25 heavy (non-hydrogen) atoms. The molecular weight excluding hydrogens is 334 g/mol. The van der Waals surface area contributed by atoms with Crippen LogP contribution in [0.25, 0.3) is 0 Å². The van der Waals surface area contributed by atoms with Gasteiger partial charge in [0.15, 0.2) is 0 Å². The quantitative estimate of drug-likeness (QED) is 0.514. The van der Waals surface area contributed by atoms with E-state index >= 15 is 0 Å². The van der Waals surface area contributed by atoms with Gasteiger partial charge in [-0.25, -0.2) is 0 Å². The molecule has 4 heteroatoms. The molecule has 0 aromatic heterocycles. The molecule has 2 rings (SSSR count). The highest BCUT2D eigenvalue weighted by Gasteiger charge is 2.45. The third-order valence-corrected chi connectivity index (χ3v) is 5.68. The number of hydrogen-bond donors (Lipinski definition) is 0. The Morgan fingerprint density at radius 2 is 2.20 bits per heavy atom. The van der Waals surface area contributed by atoms with Crippen LogP contribution in [-0.4, -0.2) is 29.7 Å². The zero-order valence-corrected chi connectivity index (χ0v) is 16.1. The van der Waals surface area contributed by atoms with Crippen LogP contribution in [0.3, 0.4) is 0 Å². The van der Waals surface area contributed by atoms with Gasteiger partial charge in [0.1, 0.15) is 6.29 Å². The zero-order chi connectivity index (χ0) is 18.6. The standard InChI is InChI=1S/C21H28ClNO2/c1-5-10-21(4)12-17(16-8-7-9-18(22)11-16)13-23(20(21)25)19(6-2)15(3)14-24/h5,7-9,11,14-15,17,19H,1,6,10,12-13H2,2-4H3/t15-,17-,19+,21+/m1/s1. The van der Waals surface area contributed by atoms with E-state index in [2.05, 4.69) is 12.6 Å². The Bertz CT molecular complexity index is 645. The Labute approximate surface area is 156 Å². The molecule has 1 amide bonds. The Morgan fingerprint density at radius 3 is 2.76 bits per heavy atom. The topological polar surface area (TPSA) is 37.4 Å². The Hall–Kier alpha value is -1.61. The number of carbonyl (C=O) groups excluding carboxylic acids is 2. The first-order chi connectivity index (χ1) is 11.9. The highest BCUT2D eigenvalue weighted by atomic mass is 35.5. The Kier molecular flexibility index (Phi) is 6.45. The number of rotatable bonds is 7. The number of aldehydes is 1. The second kappa shape index (κ2) is 8.18. The van der Waals surface area contributed by atoms with Crippen molar-refractivity contribution in [2.24, 2.45) is 11.3 Å². The maximum atomic E-state index is 13.2. The molecule has 0 unspecified atom stereocenters. The summed E-state index contributed by atoms with van der Waals surface area (Å²) in [4.78, 5) is 26.5. The molecule has 1 heterocycles. The van der Waals surface area contributed by atoms with Crippen LogP contribution >= 0.6 is 11.6 Å². The highest BCUT2D eigenvalue weighted by molar-refractivity contribution is 6.30. The van der Waals surface area contributed by atoms with Crippen LogP contribution in [0.1, 0.15) is 51.5 Å². The van der Waals surface area contributed by atoms with Crippen LogP contribution < -0.4 is 0 Å². The number of allylic oxidation sites excluding steroid dienone is 1. The first kappa shape index (κ1) is 19.7. The number of piperidine rings is 1. The summed E-state index contributed by atoms with van der Waals surface area (Å²) in [5.41, 5.74) is 0.650. The summed E-state index contributed by atoms with van der Waals surface area (Å²) in [6.07, 6.45) is 4.93. The molecule has 1 saturated heterocycles. The largest absolute Gasteiger partial charge is 0.338 e. The van der Waals surface area contributed by atoms with Gasteiger partial charge in [-0.15, -0.1) is 6.58 Å². The van der Waals surface area contributed by atoms with Crippen LogP contribution in [-0.2, 0) is 9.59 Å². The van der Waals surface area contributed by atoms with Gasteiger partial charge >= 0.3 is 0 Å². The fourth-order valence-electron chi connectivity index (χ4n) is 4.09. The lowest BCUT2D eigenvalue weighted by molar-refractivity contribution is -0.150. The van der Waals surface area contributed by atoms with Gasteiger partial charge in [0.25, 0.3) is 0 Å². The van der Waals surface area contributed by atoms with E-state index < -0.39 is 5.41 Å². The number of hydrogen-bond acceptors (Lipinski definition) is 2. The second-order valence-electron chi connectivity index (χ2n) is 7.44. The molecule has 0 bridgehead atoms. The molecule has 0 radical (unpaired) electrons. The fourth-order valence-corrected chi connectivity index (χ4v) is 4.29. The minimum atomic E-state index is -0.497. The molecule has 1 aromatic carbocycles. The molecular formula is C21H28ClNO2. The van der Waals surface area contributed by atoms with E-state index in [-0.39, 0.29) is 23.8 Å². The lowest BCUT2D eigenvalue weighted by Crippen LogP contribution is -2.55. The van der Waals surface area contributed by atoms with Gasteiger partial charge in [0, 0.05) is 29.4 Å². The van der Waals surface area contributed by atoms with Crippen LogP contribution in [0, 0.1) is 11.3 Å². The molecule has 0 saturated carbocycles. The summed E-state index contributed by atoms with van der Waals surface area (Å²) < 4.78 is 0. The summed E-state index contributed by atoms with van der Waals surface area (Å²) in [6, 6.07) is 7.80. The predicted molar refractivity (Wildman–Crippen MR) is 103 cm³/mol. The summed E-state index contributed by atoms with van der Waals surface area (Å²) in [5.74, 6) is 0.153. The Morgan fingerprint density at radius 1 is 1.48 bits per heavy atom. The van der Waals surface area contributed by atoms with E-state index in [4.69, 9.17) is 11.6 Å². The van der Waals surface area contributed by atoms with Crippen molar-refractivity contribution in [3.63, 3.8) is 0 Å². The van der Waals surface area contributed by atoms with Gasteiger partial charge in [0.05, 0.1) is 5.41 Å². The molecule has 0 aliphatic carbocycles. The summed E-state index contributed by atoms with van der Waals surface area (Å²) >= 11 is 6.18. The van der Waals surface area contributed by atoms with Crippen molar-refractivity contribution in [1.82, 2.24) is 4.90 Å². The average Bonchev–Trinajstić information content (AvgIpc) is 2.59. The van der Waals surface area contributed by atoms with Crippen molar-refractivity contribution in [2.45, 2.75) is 52.0 Å². The van der Waals surface area contributed by atoms with Crippen molar-refractivity contribution in [1.29, 1.82) is 0 Å². The van der Waals surface area contributed by atoms with Gasteiger partial charge in [-0.3, -0.25) is 4.79 Å². The van der Waals surface area contributed by atoms with Crippen molar-refractivity contribution in [3.05, 3.63) is 47.5 Å². The highest BCUT2D eigenvalue weighted by Crippen LogP contribution is 2.43. The van der Waals surface area contributed by atoms with Gasteiger partial charge in [0.2, 0.25) is 5.91 Å². The normalized spacial score (nSPS) is 26.2. The monoisotopic (exact) mass is 361 g/mol. The van der Waals surface area contributed by atoms with Gasteiger partial charge in [-0.05, 0) is 37.0 Å². The number of benzene rings is 1. The van der Waals surface area contributed by atoms with Crippen LogP contribution in [0.2, 0.25) is 5.02 Å². The minimum Gasteiger partial charge on any atom is -0.338 e.